The fourth-order valence-electron chi connectivity index (χ4n) is 1.78. The Morgan fingerprint density at radius 1 is 1.53 bits per heavy atom. The summed E-state index contributed by atoms with van der Waals surface area (Å²) in [5.74, 6) is 1.02. The fourth-order valence-corrected chi connectivity index (χ4v) is 1.78. The van der Waals surface area contributed by atoms with Crippen molar-refractivity contribution >= 4 is 0 Å². The molecule has 2 rings (SSSR count). The molecule has 82 valence electrons. The van der Waals surface area contributed by atoms with Gasteiger partial charge < -0.3 is 15.2 Å². The first-order chi connectivity index (χ1) is 7.25. The van der Waals surface area contributed by atoms with Gasteiger partial charge in [-0.15, -0.1) is 0 Å². The number of rotatable bonds is 4. The third-order valence-electron chi connectivity index (χ3n) is 2.52. The van der Waals surface area contributed by atoms with Crippen LogP contribution in [0.25, 0.3) is 0 Å². The van der Waals surface area contributed by atoms with Gasteiger partial charge >= 0.3 is 0 Å². The summed E-state index contributed by atoms with van der Waals surface area (Å²) < 4.78 is 5.44. The van der Waals surface area contributed by atoms with E-state index >= 15 is 0 Å². The van der Waals surface area contributed by atoms with Crippen LogP contribution in [0.3, 0.4) is 0 Å². The molecule has 1 heterocycles. The summed E-state index contributed by atoms with van der Waals surface area (Å²) in [6, 6.07) is 6.28. The van der Waals surface area contributed by atoms with Gasteiger partial charge in [-0.2, -0.15) is 0 Å². The molecule has 2 N–H and O–H groups in total. The van der Waals surface area contributed by atoms with Crippen LogP contribution in [0.4, 0.5) is 0 Å². The minimum absolute atomic E-state index is 0.289. The lowest BCUT2D eigenvalue weighted by molar-refractivity contribution is 0.191. The molecule has 3 heteroatoms. The quantitative estimate of drug-likeness (QED) is 0.776. The van der Waals surface area contributed by atoms with E-state index in [1.807, 2.05) is 6.07 Å². The lowest BCUT2D eigenvalue weighted by Gasteiger charge is -2.07. The van der Waals surface area contributed by atoms with Gasteiger partial charge in [0.15, 0.2) is 0 Å². The molecule has 0 saturated heterocycles. The summed E-state index contributed by atoms with van der Waals surface area (Å²) in [5.41, 5.74) is 2.55. The normalized spacial score (nSPS) is 15.9. The van der Waals surface area contributed by atoms with Gasteiger partial charge in [-0.25, -0.2) is 0 Å². The molecule has 0 bridgehead atoms. The van der Waals surface area contributed by atoms with Gasteiger partial charge in [0.25, 0.3) is 0 Å². The molecule has 1 aromatic rings. The fraction of sp³-hybridized carbons (Fsp3) is 0.500. The van der Waals surface area contributed by atoms with Crippen molar-refractivity contribution in [2.75, 3.05) is 13.2 Å². The predicted molar refractivity (Wildman–Crippen MR) is 59.0 cm³/mol. The minimum Gasteiger partial charge on any atom is -0.493 e. The second-order valence-electron chi connectivity index (χ2n) is 4.02. The molecule has 1 aliphatic heterocycles. The average molecular weight is 207 g/mol. The second kappa shape index (κ2) is 4.64. The Balaban J connectivity index is 1.92. The monoisotopic (exact) mass is 207 g/mol. The van der Waals surface area contributed by atoms with Crippen LogP contribution in [0, 0.1) is 0 Å². The van der Waals surface area contributed by atoms with Crippen LogP contribution in [-0.4, -0.2) is 24.4 Å². The van der Waals surface area contributed by atoms with Crippen LogP contribution >= 0.6 is 0 Å². The van der Waals surface area contributed by atoms with Crippen molar-refractivity contribution in [3.8, 4) is 5.75 Å². The van der Waals surface area contributed by atoms with Gasteiger partial charge in [-0.3, -0.25) is 0 Å². The zero-order valence-electron chi connectivity index (χ0n) is 8.99. The topological polar surface area (TPSA) is 41.5 Å². The van der Waals surface area contributed by atoms with Crippen LogP contribution in [0.2, 0.25) is 0 Å². The lowest BCUT2D eigenvalue weighted by atomic mass is 10.1. The van der Waals surface area contributed by atoms with Crippen LogP contribution in [0.5, 0.6) is 5.75 Å². The molecule has 0 aliphatic carbocycles. The van der Waals surface area contributed by atoms with Crippen LogP contribution in [0.1, 0.15) is 18.1 Å². The number of hydrogen-bond acceptors (Lipinski definition) is 3. The molecule has 0 fully saturated rings. The van der Waals surface area contributed by atoms with Crippen molar-refractivity contribution in [3.63, 3.8) is 0 Å². The Morgan fingerprint density at radius 3 is 3.20 bits per heavy atom. The van der Waals surface area contributed by atoms with Gasteiger partial charge in [-0.1, -0.05) is 12.1 Å². The van der Waals surface area contributed by atoms with E-state index in [0.717, 1.165) is 25.3 Å². The van der Waals surface area contributed by atoms with Crippen molar-refractivity contribution in [1.82, 2.24) is 5.32 Å². The van der Waals surface area contributed by atoms with E-state index in [2.05, 4.69) is 17.4 Å². The van der Waals surface area contributed by atoms with Gasteiger partial charge in [0.05, 0.1) is 12.7 Å². The molecule has 0 radical (unpaired) electrons. The zero-order valence-corrected chi connectivity index (χ0v) is 8.99. The van der Waals surface area contributed by atoms with E-state index in [-0.39, 0.29) is 6.10 Å². The number of hydrogen-bond donors (Lipinski definition) is 2. The van der Waals surface area contributed by atoms with Crippen LogP contribution in [-0.2, 0) is 13.0 Å². The molecule has 1 aromatic carbocycles. The summed E-state index contributed by atoms with van der Waals surface area (Å²) in [7, 11) is 0. The molecule has 0 unspecified atom stereocenters. The summed E-state index contributed by atoms with van der Waals surface area (Å²) in [4.78, 5) is 0. The highest BCUT2D eigenvalue weighted by atomic mass is 16.5. The summed E-state index contributed by atoms with van der Waals surface area (Å²) in [5, 5.41) is 12.3. The number of ether oxygens (including phenoxy) is 1. The van der Waals surface area contributed by atoms with Gasteiger partial charge in [0, 0.05) is 19.5 Å². The summed E-state index contributed by atoms with van der Waals surface area (Å²) >= 11 is 0. The van der Waals surface area contributed by atoms with Crippen molar-refractivity contribution in [1.29, 1.82) is 0 Å². The molecule has 1 aliphatic rings. The highest BCUT2D eigenvalue weighted by Crippen LogP contribution is 2.25. The van der Waals surface area contributed by atoms with E-state index in [4.69, 9.17) is 9.84 Å². The Hall–Kier alpha value is -1.06. The Kier molecular flexibility index (Phi) is 3.23. The molecular formula is C12H17NO2. The van der Waals surface area contributed by atoms with Crippen molar-refractivity contribution in [2.24, 2.45) is 0 Å². The highest BCUT2D eigenvalue weighted by molar-refractivity contribution is 5.39. The summed E-state index contributed by atoms with van der Waals surface area (Å²) in [6.45, 7) is 4.02. The SMILES string of the molecule is C[C@@H](O)CNCc1ccc2c(c1)CCO2. The van der Waals surface area contributed by atoms with Gasteiger partial charge in [0.2, 0.25) is 0 Å². The molecule has 0 spiro atoms. The zero-order chi connectivity index (χ0) is 10.7. The van der Waals surface area contributed by atoms with Crippen molar-refractivity contribution in [2.45, 2.75) is 26.0 Å². The average Bonchev–Trinajstić information content (AvgIpc) is 2.64. The smallest absolute Gasteiger partial charge is 0.122 e. The van der Waals surface area contributed by atoms with Gasteiger partial charge in [-0.05, 0) is 24.1 Å². The number of benzene rings is 1. The number of nitrogens with one attached hydrogen (secondary N) is 1. The van der Waals surface area contributed by atoms with E-state index < -0.39 is 0 Å². The molecule has 0 aromatic heterocycles. The maximum Gasteiger partial charge on any atom is 0.122 e. The largest absolute Gasteiger partial charge is 0.493 e. The number of fused-ring (bicyclic) bond motifs is 1. The van der Waals surface area contributed by atoms with Crippen molar-refractivity contribution in [3.05, 3.63) is 29.3 Å². The first kappa shape index (κ1) is 10.5. The van der Waals surface area contributed by atoms with Crippen LogP contribution < -0.4 is 10.1 Å². The number of aliphatic hydroxyl groups is 1. The first-order valence-electron chi connectivity index (χ1n) is 5.39. The van der Waals surface area contributed by atoms with Gasteiger partial charge in [0.1, 0.15) is 5.75 Å². The minimum atomic E-state index is -0.289. The highest BCUT2D eigenvalue weighted by Gasteiger charge is 2.11. The molecule has 0 saturated carbocycles. The number of aliphatic hydroxyl groups excluding tert-OH is 1. The van der Waals surface area contributed by atoms with E-state index in [1.54, 1.807) is 6.92 Å². The first-order valence-corrected chi connectivity index (χ1v) is 5.39. The third-order valence-corrected chi connectivity index (χ3v) is 2.52. The molecule has 1 atom stereocenters. The predicted octanol–water partition coefficient (Wildman–Crippen LogP) is 1.09. The van der Waals surface area contributed by atoms with E-state index in [1.165, 1.54) is 11.1 Å². The summed E-state index contributed by atoms with van der Waals surface area (Å²) in [6.07, 6.45) is 0.724. The van der Waals surface area contributed by atoms with Crippen molar-refractivity contribution < 1.29 is 9.84 Å². The standard InChI is InChI=1S/C12H17NO2/c1-9(14)7-13-8-10-2-3-12-11(6-10)4-5-15-12/h2-3,6,9,13-14H,4-5,7-8H2,1H3/t9-/m1/s1. The Morgan fingerprint density at radius 2 is 2.40 bits per heavy atom. The third kappa shape index (κ3) is 2.70. The Bertz CT molecular complexity index is 336. The second-order valence-corrected chi connectivity index (χ2v) is 4.02. The lowest BCUT2D eigenvalue weighted by Crippen LogP contribution is -2.23. The Labute approximate surface area is 90.1 Å². The maximum absolute atomic E-state index is 9.10. The molecular weight excluding hydrogens is 190 g/mol. The van der Waals surface area contributed by atoms with E-state index in [9.17, 15) is 0 Å². The molecule has 15 heavy (non-hydrogen) atoms. The molecule has 0 amide bonds. The molecule has 3 nitrogen and oxygen atoms in total. The maximum atomic E-state index is 9.10. The van der Waals surface area contributed by atoms with E-state index in [0.29, 0.717) is 6.54 Å². The van der Waals surface area contributed by atoms with Crippen LogP contribution in [0.15, 0.2) is 18.2 Å².